The number of fused-ring (bicyclic) bond motifs is 1. The van der Waals surface area contributed by atoms with Crippen LogP contribution in [-0.2, 0) is 0 Å². The van der Waals surface area contributed by atoms with E-state index in [9.17, 15) is 9.59 Å². The highest BCUT2D eigenvalue weighted by Gasteiger charge is 2.19. The number of urea groups is 1. The van der Waals surface area contributed by atoms with Gasteiger partial charge in [0.2, 0.25) is 0 Å². The summed E-state index contributed by atoms with van der Waals surface area (Å²) in [6.07, 6.45) is 2.98. The highest BCUT2D eigenvalue weighted by Crippen LogP contribution is 2.37. The van der Waals surface area contributed by atoms with Gasteiger partial charge in [-0.25, -0.2) is 19.7 Å². The number of benzene rings is 1. The monoisotopic (exact) mass is 405 g/mol. The molecule has 0 aliphatic carbocycles. The summed E-state index contributed by atoms with van der Waals surface area (Å²) >= 11 is 1.12. The van der Waals surface area contributed by atoms with Crippen molar-refractivity contribution >= 4 is 50.7 Å². The van der Waals surface area contributed by atoms with Gasteiger partial charge in [0.1, 0.15) is 21.9 Å². The lowest BCUT2D eigenvalue weighted by molar-refractivity contribution is 0.100. The fourth-order valence-electron chi connectivity index (χ4n) is 2.82. The molecule has 0 aliphatic rings. The maximum Gasteiger partial charge on any atom is 0.324 e. The molecule has 10 heteroatoms. The molecule has 6 N–H and O–H groups in total. The Balaban J connectivity index is 1.65. The van der Waals surface area contributed by atoms with E-state index >= 15 is 0 Å². The second-order valence-corrected chi connectivity index (χ2v) is 6.99. The summed E-state index contributed by atoms with van der Waals surface area (Å²) < 4.78 is 0. The second kappa shape index (κ2) is 7.52. The zero-order chi connectivity index (χ0) is 20.4. The summed E-state index contributed by atoms with van der Waals surface area (Å²) in [5.41, 5.74) is 13.6. The van der Waals surface area contributed by atoms with Crippen molar-refractivity contribution in [2.75, 3.05) is 16.4 Å². The van der Waals surface area contributed by atoms with Gasteiger partial charge in [0.25, 0.3) is 5.91 Å². The van der Waals surface area contributed by atoms with Crippen molar-refractivity contribution in [2.45, 2.75) is 0 Å². The first-order chi connectivity index (χ1) is 14.0. The van der Waals surface area contributed by atoms with E-state index in [1.165, 1.54) is 6.33 Å². The largest absolute Gasteiger partial charge is 0.397 e. The molecule has 4 aromatic rings. The predicted octanol–water partition coefficient (Wildman–Crippen LogP) is 3.08. The zero-order valence-electron chi connectivity index (χ0n) is 14.9. The normalized spacial score (nSPS) is 10.6. The van der Waals surface area contributed by atoms with Gasteiger partial charge in [0.15, 0.2) is 0 Å². The summed E-state index contributed by atoms with van der Waals surface area (Å²) in [5.74, 6) is -0.179. The molecule has 0 unspecified atom stereocenters. The summed E-state index contributed by atoms with van der Waals surface area (Å²) in [5, 5.41) is 5.95. The van der Waals surface area contributed by atoms with Crippen LogP contribution in [0.3, 0.4) is 0 Å². The van der Waals surface area contributed by atoms with E-state index in [2.05, 4.69) is 25.6 Å². The molecule has 29 heavy (non-hydrogen) atoms. The zero-order valence-corrected chi connectivity index (χ0v) is 15.7. The number of thiophene rings is 1. The van der Waals surface area contributed by atoms with Crippen molar-refractivity contribution in [3.8, 4) is 11.3 Å². The number of aromatic nitrogens is 3. The minimum atomic E-state index is -0.613. The van der Waals surface area contributed by atoms with Crippen LogP contribution in [0.15, 0.2) is 55.0 Å². The number of nitrogens with zero attached hydrogens (tertiary/aromatic N) is 3. The van der Waals surface area contributed by atoms with E-state index in [4.69, 9.17) is 11.5 Å². The lowest BCUT2D eigenvalue weighted by Crippen LogP contribution is -2.19. The highest BCUT2D eigenvalue weighted by molar-refractivity contribution is 7.21. The molecule has 0 aliphatic heterocycles. The van der Waals surface area contributed by atoms with Gasteiger partial charge < -0.3 is 16.8 Å². The van der Waals surface area contributed by atoms with Crippen LogP contribution in [0.1, 0.15) is 9.67 Å². The van der Waals surface area contributed by atoms with Crippen molar-refractivity contribution in [1.82, 2.24) is 15.0 Å². The van der Waals surface area contributed by atoms with E-state index in [0.717, 1.165) is 11.3 Å². The van der Waals surface area contributed by atoms with Gasteiger partial charge in [0.05, 0.1) is 16.8 Å². The number of nitrogens with one attached hydrogen (secondary N) is 2. The topological polar surface area (TPSA) is 149 Å². The lowest BCUT2D eigenvalue weighted by Gasteiger charge is -2.09. The number of amides is 3. The number of anilines is 3. The lowest BCUT2D eigenvalue weighted by atomic mass is 10.1. The van der Waals surface area contributed by atoms with Crippen molar-refractivity contribution < 1.29 is 9.59 Å². The molecule has 0 bridgehead atoms. The van der Waals surface area contributed by atoms with Gasteiger partial charge in [-0.05, 0) is 24.3 Å². The number of nitrogen functional groups attached to an aromatic ring is 1. The number of primary amides is 1. The summed E-state index contributed by atoms with van der Waals surface area (Å²) in [7, 11) is 0. The number of carbonyl (C=O) groups is 2. The Morgan fingerprint density at radius 3 is 2.62 bits per heavy atom. The first-order valence-electron chi connectivity index (χ1n) is 8.45. The molecule has 3 aromatic heterocycles. The highest BCUT2D eigenvalue weighted by atomic mass is 32.1. The van der Waals surface area contributed by atoms with Crippen LogP contribution in [0.25, 0.3) is 21.5 Å². The van der Waals surface area contributed by atoms with Crippen molar-refractivity contribution in [1.29, 1.82) is 0 Å². The van der Waals surface area contributed by atoms with Gasteiger partial charge in [-0.15, -0.1) is 11.3 Å². The van der Waals surface area contributed by atoms with Crippen LogP contribution in [-0.4, -0.2) is 26.9 Å². The molecule has 0 fully saturated rings. The molecule has 144 valence electrons. The Labute approximate surface area is 168 Å². The molecule has 1 aromatic carbocycles. The molecule has 0 spiro atoms. The summed E-state index contributed by atoms with van der Waals surface area (Å²) in [6, 6.07) is 11.9. The molecule has 0 atom stereocenters. The Morgan fingerprint density at radius 2 is 1.86 bits per heavy atom. The van der Waals surface area contributed by atoms with E-state index < -0.39 is 11.9 Å². The standard InChI is InChI=1S/C19H15N7O2S/c20-14-13-15(23-9-24-18(13)29-16(14)17(21)27)10-4-3-5-11(8-10)25-19(28)26-12-6-1-2-7-22-12/h1-9H,20H2,(H2,21,27)(H2,22,25,26,28). The number of pyridine rings is 1. The minimum absolute atomic E-state index is 0.241. The maximum atomic E-state index is 12.2. The summed E-state index contributed by atoms with van der Waals surface area (Å²) in [4.78, 5) is 37.2. The van der Waals surface area contributed by atoms with Gasteiger partial charge >= 0.3 is 6.03 Å². The van der Waals surface area contributed by atoms with Crippen LogP contribution in [0.2, 0.25) is 0 Å². The summed E-state index contributed by atoms with van der Waals surface area (Å²) in [6.45, 7) is 0. The third-order valence-electron chi connectivity index (χ3n) is 4.05. The Kier molecular flexibility index (Phi) is 4.75. The number of hydrogen-bond acceptors (Lipinski definition) is 7. The SMILES string of the molecule is NC(=O)c1sc2ncnc(-c3cccc(NC(=O)Nc4ccccn4)c3)c2c1N. The minimum Gasteiger partial charge on any atom is -0.397 e. The van der Waals surface area contributed by atoms with Gasteiger partial charge in [-0.1, -0.05) is 18.2 Å². The van der Waals surface area contributed by atoms with E-state index in [-0.39, 0.29) is 10.6 Å². The van der Waals surface area contributed by atoms with Crippen molar-refractivity contribution in [3.05, 3.63) is 59.9 Å². The molecule has 4 rings (SSSR count). The first kappa shape index (κ1) is 18.3. The number of carbonyl (C=O) groups excluding carboxylic acids is 2. The van der Waals surface area contributed by atoms with Crippen LogP contribution in [0.4, 0.5) is 22.0 Å². The van der Waals surface area contributed by atoms with Crippen molar-refractivity contribution in [3.63, 3.8) is 0 Å². The first-order valence-corrected chi connectivity index (χ1v) is 9.27. The Bertz CT molecular complexity index is 1220. The smallest absolute Gasteiger partial charge is 0.324 e. The number of rotatable bonds is 4. The molecule has 9 nitrogen and oxygen atoms in total. The van der Waals surface area contributed by atoms with Crippen LogP contribution >= 0.6 is 11.3 Å². The van der Waals surface area contributed by atoms with Gasteiger partial charge in [0, 0.05) is 17.4 Å². The van der Waals surface area contributed by atoms with Crippen LogP contribution in [0.5, 0.6) is 0 Å². The fourth-order valence-corrected chi connectivity index (χ4v) is 3.73. The predicted molar refractivity (Wildman–Crippen MR) is 113 cm³/mol. The van der Waals surface area contributed by atoms with Gasteiger partial charge in [-0.3, -0.25) is 10.1 Å². The van der Waals surface area contributed by atoms with Crippen molar-refractivity contribution in [2.24, 2.45) is 5.73 Å². The number of hydrogen-bond donors (Lipinski definition) is 4. The van der Waals surface area contributed by atoms with Gasteiger partial charge in [-0.2, -0.15) is 0 Å². The third kappa shape index (κ3) is 3.69. The molecule has 0 saturated carbocycles. The van der Waals surface area contributed by atoms with Crippen LogP contribution < -0.4 is 22.1 Å². The Morgan fingerprint density at radius 1 is 1.00 bits per heavy atom. The van der Waals surface area contributed by atoms with Crippen LogP contribution in [0, 0.1) is 0 Å². The third-order valence-corrected chi connectivity index (χ3v) is 5.18. The number of nitrogens with two attached hydrogens (primary N) is 2. The fraction of sp³-hybridized carbons (Fsp3) is 0. The maximum absolute atomic E-state index is 12.2. The molecule has 3 heterocycles. The molecular weight excluding hydrogens is 390 g/mol. The second-order valence-electron chi connectivity index (χ2n) is 5.99. The molecule has 0 saturated heterocycles. The average molecular weight is 405 g/mol. The Hall–Kier alpha value is -4.05. The quantitative estimate of drug-likeness (QED) is 0.410. The molecule has 0 radical (unpaired) electrons. The van der Waals surface area contributed by atoms with E-state index in [1.807, 2.05) is 6.07 Å². The van der Waals surface area contributed by atoms with E-state index in [1.54, 1.807) is 42.6 Å². The molecule has 3 amide bonds. The molecular formula is C19H15N7O2S. The average Bonchev–Trinajstić information content (AvgIpc) is 3.06. The van der Waals surface area contributed by atoms with E-state index in [0.29, 0.717) is 33.0 Å².